The topological polar surface area (TPSA) is 24.5 Å². The maximum absolute atomic E-state index is 5.40. The molecule has 0 bridgehead atoms. The molecule has 2 aromatic carbocycles. The van der Waals surface area contributed by atoms with Crippen LogP contribution in [0.3, 0.4) is 0 Å². The Kier molecular flexibility index (Phi) is 4.42. The molecule has 0 fully saturated rings. The fourth-order valence-corrected chi connectivity index (χ4v) is 2.09. The third kappa shape index (κ3) is 3.06. The van der Waals surface area contributed by atoms with E-state index in [2.05, 4.69) is 40.5 Å². The van der Waals surface area contributed by atoms with Gasteiger partial charge in [0, 0.05) is 19.3 Å². The lowest BCUT2D eigenvalue weighted by molar-refractivity contribution is 0.415. The zero-order valence-electron chi connectivity index (χ0n) is 11.7. The van der Waals surface area contributed by atoms with Crippen LogP contribution >= 0.6 is 0 Å². The SMILES string of the molecule is CNCc1ccc(N(C)c2ccccc2OC)cc1. The summed E-state index contributed by atoms with van der Waals surface area (Å²) in [6.07, 6.45) is 0. The van der Waals surface area contributed by atoms with E-state index in [9.17, 15) is 0 Å². The van der Waals surface area contributed by atoms with Crippen molar-refractivity contribution in [3.63, 3.8) is 0 Å². The van der Waals surface area contributed by atoms with E-state index in [1.54, 1.807) is 7.11 Å². The van der Waals surface area contributed by atoms with E-state index < -0.39 is 0 Å². The van der Waals surface area contributed by atoms with Crippen LogP contribution in [0.1, 0.15) is 5.56 Å². The van der Waals surface area contributed by atoms with Gasteiger partial charge in [-0.25, -0.2) is 0 Å². The molecule has 0 aliphatic rings. The highest BCUT2D eigenvalue weighted by atomic mass is 16.5. The summed E-state index contributed by atoms with van der Waals surface area (Å²) in [7, 11) is 5.70. The van der Waals surface area contributed by atoms with Crippen LogP contribution in [0, 0.1) is 0 Å². The maximum Gasteiger partial charge on any atom is 0.142 e. The van der Waals surface area contributed by atoms with E-state index in [1.165, 1.54) is 5.56 Å². The van der Waals surface area contributed by atoms with Crippen LogP contribution in [-0.2, 0) is 6.54 Å². The van der Waals surface area contributed by atoms with Gasteiger partial charge in [-0.15, -0.1) is 0 Å². The lowest BCUT2D eigenvalue weighted by Gasteiger charge is -2.22. The molecular weight excluding hydrogens is 236 g/mol. The minimum absolute atomic E-state index is 0.879. The molecule has 0 radical (unpaired) electrons. The van der Waals surface area contributed by atoms with Gasteiger partial charge in [0.05, 0.1) is 12.8 Å². The van der Waals surface area contributed by atoms with E-state index in [1.807, 2.05) is 32.3 Å². The number of ether oxygens (including phenoxy) is 1. The molecule has 2 rings (SSSR count). The number of benzene rings is 2. The molecule has 2 aromatic rings. The van der Waals surface area contributed by atoms with Crippen LogP contribution in [0.25, 0.3) is 0 Å². The van der Waals surface area contributed by atoms with Gasteiger partial charge in [-0.1, -0.05) is 24.3 Å². The third-order valence-electron chi connectivity index (χ3n) is 3.15. The van der Waals surface area contributed by atoms with Crippen molar-refractivity contribution >= 4 is 11.4 Å². The number of hydrogen-bond donors (Lipinski definition) is 1. The summed E-state index contributed by atoms with van der Waals surface area (Å²) < 4.78 is 5.40. The number of nitrogens with zero attached hydrogens (tertiary/aromatic N) is 1. The van der Waals surface area contributed by atoms with Gasteiger partial charge in [0.15, 0.2) is 0 Å². The first-order valence-corrected chi connectivity index (χ1v) is 6.36. The first kappa shape index (κ1) is 13.4. The van der Waals surface area contributed by atoms with Crippen molar-refractivity contribution in [3.05, 3.63) is 54.1 Å². The summed E-state index contributed by atoms with van der Waals surface area (Å²) in [5, 5.41) is 3.15. The lowest BCUT2D eigenvalue weighted by atomic mass is 10.2. The van der Waals surface area contributed by atoms with E-state index in [-0.39, 0.29) is 0 Å². The Morgan fingerprint density at radius 1 is 1.05 bits per heavy atom. The molecule has 0 amide bonds. The van der Waals surface area contributed by atoms with Crippen LogP contribution in [0.2, 0.25) is 0 Å². The molecule has 3 heteroatoms. The second kappa shape index (κ2) is 6.25. The Labute approximate surface area is 114 Å². The van der Waals surface area contributed by atoms with Gasteiger partial charge in [-0.05, 0) is 36.9 Å². The highest BCUT2D eigenvalue weighted by molar-refractivity contribution is 5.68. The van der Waals surface area contributed by atoms with Crippen molar-refractivity contribution in [2.24, 2.45) is 0 Å². The molecule has 3 nitrogen and oxygen atoms in total. The predicted molar refractivity (Wildman–Crippen MR) is 80.3 cm³/mol. The van der Waals surface area contributed by atoms with Crippen molar-refractivity contribution in [2.45, 2.75) is 6.54 Å². The van der Waals surface area contributed by atoms with Crippen molar-refractivity contribution in [3.8, 4) is 5.75 Å². The quantitative estimate of drug-likeness (QED) is 0.889. The molecule has 1 N–H and O–H groups in total. The van der Waals surface area contributed by atoms with E-state index in [0.29, 0.717) is 0 Å². The number of nitrogens with one attached hydrogen (secondary N) is 1. The van der Waals surface area contributed by atoms with Crippen molar-refractivity contribution in [1.82, 2.24) is 5.32 Å². The summed E-state index contributed by atoms with van der Waals surface area (Å²) in [5.74, 6) is 0.879. The lowest BCUT2D eigenvalue weighted by Crippen LogP contribution is -2.11. The average molecular weight is 256 g/mol. The molecule has 19 heavy (non-hydrogen) atoms. The Bertz CT molecular complexity index is 523. The summed E-state index contributed by atoms with van der Waals surface area (Å²) in [4.78, 5) is 2.13. The Morgan fingerprint density at radius 3 is 2.37 bits per heavy atom. The monoisotopic (exact) mass is 256 g/mol. The van der Waals surface area contributed by atoms with Gasteiger partial charge in [-0.3, -0.25) is 0 Å². The molecule has 0 aliphatic carbocycles. The Morgan fingerprint density at radius 2 is 1.74 bits per heavy atom. The summed E-state index contributed by atoms with van der Waals surface area (Å²) in [6, 6.07) is 16.5. The minimum Gasteiger partial charge on any atom is -0.495 e. The molecular formula is C16H20N2O. The van der Waals surface area contributed by atoms with Crippen molar-refractivity contribution in [1.29, 1.82) is 0 Å². The highest BCUT2D eigenvalue weighted by Crippen LogP contribution is 2.31. The standard InChI is InChI=1S/C16H20N2O/c1-17-12-13-8-10-14(11-9-13)18(2)15-6-4-5-7-16(15)19-3/h4-11,17H,12H2,1-3H3. The Hall–Kier alpha value is -2.00. The molecule has 0 atom stereocenters. The number of para-hydroxylation sites is 2. The first-order valence-electron chi connectivity index (χ1n) is 6.36. The van der Waals surface area contributed by atoms with Gasteiger partial charge in [0.25, 0.3) is 0 Å². The molecule has 0 unspecified atom stereocenters. The molecule has 0 saturated carbocycles. The predicted octanol–water partition coefficient (Wildman–Crippen LogP) is 3.18. The Balaban J connectivity index is 2.25. The second-order valence-corrected chi connectivity index (χ2v) is 4.43. The zero-order chi connectivity index (χ0) is 13.7. The van der Waals surface area contributed by atoms with Crippen LogP contribution in [-0.4, -0.2) is 21.2 Å². The minimum atomic E-state index is 0.879. The van der Waals surface area contributed by atoms with Gasteiger partial charge < -0.3 is 15.0 Å². The van der Waals surface area contributed by atoms with Gasteiger partial charge >= 0.3 is 0 Å². The van der Waals surface area contributed by atoms with E-state index >= 15 is 0 Å². The molecule has 0 aliphatic heterocycles. The normalized spacial score (nSPS) is 10.3. The number of rotatable bonds is 5. The fourth-order valence-electron chi connectivity index (χ4n) is 2.09. The van der Waals surface area contributed by atoms with Crippen molar-refractivity contribution < 1.29 is 4.74 Å². The second-order valence-electron chi connectivity index (χ2n) is 4.43. The van der Waals surface area contributed by atoms with Crippen LogP contribution in [0.15, 0.2) is 48.5 Å². The molecule has 0 saturated heterocycles. The largest absolute Gasteiger partial charge is 0.495 e. The summed E-state index contributed by atoms with van der Waals surface area (Å²) >= 11 is 0. The fraction of sp³-hybridized carbons (Fsp3) is 0.250. The number of hydrogen-bond acceptors (Lipinski definition) is 3. The van der Waals surface area contributed by atoms with Crippen molar-refractivity contribution in [2.75, 3.05) is 26.1 Å². The van der Waals surface area contributed by atoms with Gasteiger partial charge in [-0.2, -0.15) is 0 Å². The van der Waals surface area contributed by atoms with E-state index in [0.717, 1.165) is 23.7 Å². The molecule has 100 valence electrons. The van der Waals surface area contributed by atoms with Gasteiger partial charge in [0.1, 0.15) is 5.75 Å². The van der Waals surface area contributed by atoms with Crippen LogP contribution < -0.4 is 15.0 Å². The molecule has 0 aromatic heterocycles. The summed E-state index contributed by atoms with van der Waals surface area (Å²) in [6.45, 7) is 0.888. The highest BCUT2D eigenvalue weighted by Gasteiger charge is 2.08. The number of methoxy groups -OCH3 is 1. The summed E-state index contributed by atoms with van der Waals surface area (Å²) in [5.41, 5.74) is 3.48. The smallest absolute Gasteiger partial charge is 0.142 e. The molecule has 0 heterocycles. The first-order chi connectivity index (χ1) is 9.26. The average Bonchev–Trinajstić information content (AvgIpc) is 2.47. The maximum atomic E-state index is 5.40. The van der Waals surface area contributed by atoms with Gasteiger partial charge in [0.2, 0.25) is 0 Å². The molecule has 0 spiro atoms. The third-order valence-corrected chi connectivity index (χ3v) is 3.15. The van der Waals surface area contributed by atoms with Crippen LogP contribution in [0.4, 0.5) is 11.4 Å². The van der Waals surface area contributed by atoms with E-state index in [4.69, 9.17) is 4.74 Å². The van der Waals surface area contributed by atoms with Crippen LogP contribution in [0.5, 0.6) is 5.75 Å². The zero-order valence-corrected chi connectivity index (χ0v) is 11.7. The number of anilines is 2.